The van der Waals surface area contributed by atoms with Crippen molar-refractivity contribution >= 4 is 11.9 Å². The minimum absolute atomic E-state index is 0.245. The second-order valence-corrected chi connectivity index (χ2v) is 6.41. The third-order valence-corrected chi connectivity index (χ3v) is 3.48. The molecule has 2 aliphatic rings. The van der Waals surface area contributed by atoms with Crippen LogP contribution in [0.4, 0.5) is 4.79 Å². The summed E-state index contributed by atoms with van der Waals surface area (Å²) >= 11 is 0. The summed E-state index contributed by atoms with van der Waals surface area (Å²) in [5.74, 6) is 1.71. The van der Waals surface area contributed by atoms with Crippen LogP contribution in [0, 0.1) is 5.92 Å². The van der Waals surface area contributed by atoms with Crippen LogP contribution in [0.5, 0.6) is 0 Å². The van der Waals surface area contributed by atoms with Crippen LogP contribution < -0.4 is 5.32 Å². The number of nitrogens with one attached hydrogen (secondary N) is 1. The number of carbonyl (C=O) groups excluding carboxylic acids is 1. The number of carbonyl (C=O) groups is 1. The van der Waals surface area contributed by atoms with Gasteiger partial charge in [-0.1, -0.05) is 6.42 Å². The van der Waals surface area contributed by atoms with E-state index in [0.717, 1.165) is 18.3 Å². The summed E-state index contributed by atoms with van der Waals surface area (Å²) in [7, 11) is 0. The van der Waals surface area contributed by atoms with Crippen molar-refractivity contribution < 1.29 is 9.53 Å². The first-order chi connectivity index (χ1) is 8.94. The molecule has 1 aliphatic carbocycles. The van der Waals surface area contributed by atoms with Crippen LogP contribution in [0.3, 0.4) is 0 Å². The van der Waals surface area contributed by atoms with E-state index in [1.807, 2.05) is 20.8 Å². The second-order valence-electron chi connectivity index (χ2n) is 6.41. The second kappa shape index (κ2) is 5.80. The molecule has 1 N–H and O–H groups in total. The molecule has 0 atom stereocenters. The van der Waals surface area contributed by atoms with Gasteiger partial charge in [-0.15, -0.1) is 0 Å². The molecule has 1 amide bonds. The molecule has 2 rings (SSSR count). The fourth-order valence-electron chi connectivity index (χ4n) is 2.17. The lowest BCUT2D eigenvalue weighted by molar-refractivity contribution is 0.0276. The first kappa shape index (κ1) is 14.2. The van der Waals surface area contributed by atoms with Gasteiger partial charge in [-0.3, -0.25) is 9.89 Å². The molecule has 0 aromatic rings. The van der Waals surface area contributed by atoms with Crippen LogP contribution in [0.1, 0.15) is 40.0 Å². The van der Waals surface area contributed by atoms with E-state index in [4.69, 9.17) is 4.74 Å². The Morgan fingerprint density at radius 3 is 2.79 bits per heavy atom. The summed E-state index contributed by atoms with van der Waals surface area (Å²) in [6.45, 7) is 8.49. The number of nitrogens with zero attached hydrogens (tertiary/aromatic N) is 2. The lowest BCUT2D eigenvalue weighted by Crippen LogP contribution is -2.48. The Morgan fingerprint density at radius 2 is 2.21 bits per heavy atom. The van der Waals surface area contributed by atoms with Crippen LogP contribution in [-0.4, -0.2) is 48.6 Å². The quantitative estimate of drug-likeness (QED) is 0.833. The molecular weight excluding hydrogens is 242 g/mol. The van der Waals surface area contributed by atoms with Gasteiger partial charge in [-0.2, -0.15) is 0 Å². The molecular formula is C14H25N3O2. The summed E-state index contributed by atoms with van der Waals surface area (Å²) in [6.07, 6.45) is 3.74. The zero-order valence-electron chi connectivity index (χ0n) is 12.2. The van der Waals surface area contributed by atoms with Crippen LogP contribution in [0.2, 0.25) is 0 Å². The molecule has 1 heterocycles. The number of amides is 1. The van der Waals surface area contributed by atoms with E-state index in [1.165, 1.54) is 19.3 Å². The molecule has 1 aliphatic heterocycles. The SMILES string of the molecule is CC(C)(C)OC(=O)N1CCN=C(NCC2CCC2)C1. The van der Waals surface area contributed by atoms with Gasteiger partial charge in [-0.25, -0.2) is 4.79 Å². The molecule has 0 saturated heterocycles. The molecule has 0 spiro atoms. The average molecular weight is 267 g/mol. The molecule has 5 heteroatoms. The van der Waals surface area contributed by atoms with Gasteiger partial charge in [0, 0.05) is 13.1 Å². The fraction of sp³-hybridized carbons (Fsp3) is 0.857. The Kier molecular flexibility index (Phi) is 4.32. The van der Waals surface area contributed by atoms with Gasteiger partial charge in [0.1, 0.15) is 11.4 Å². The summed E-state index contributed by atoms with van der Waals surface area (Å²) in [4.78, 5) is 18.2. The maximum atomic E-state index is 12.0. The molecule has 0 radical (unpaired) electrons. The number of aliphatic imine (C=N–C) groups is 1. The first-order valence-corrected chi connectivity index (χ1v) is 7.19. The largest absolute Gasteiger partial charge is 0.444 e. The van der Waals surface area contributed by atoms with Gasteiger partial charge in [0.15, 0.2) is 0 Å². The molecule has 1 saturated carbocycles. The minimum Gasteiger partial charge on any atom is -0.444 e. The lowest BCUT2D eigenvalue weighted by atomic mass is 9.85. The number of rotatable bonds is 2. The van der Waals surface area contributed by atoms with Gasteiger partial charge < -0.3 is 10.1 Å². The van der Waals surface area contributed by atoms with Gasteiger partial charge in [0.25, 0.3) is 0 Å². The number of hydrogen-bond donors (Lipinski definition) is 1. The molecule has 0 aromatic heterocycles. The summed E-state index contributed by atoms with van der Waals surface area (Å²) in [6, 6.07) is 0. The molecule has 0 bridgehead atoms. The zero-order valence-corrected chi connectivity index (χ0v) is 12.2. The van der Waals surface area contributed by atoms with Crippen molar-refractivity contribution in [3.8, 4) is 0 Å². The maximum absolute atomic E-state index is 12.0. The molecule has 0 unspecified atom stereocenters. The Balaban J connectivity index is 1.78. The standard InChI is InChI=1S/C14H25N3O2/c1-14(2,3)19-13(18)17-8-7-15-12(10-17)16-9-11-5-4-6-11/h11H,4-10H2,1-3H3,(H,15,16). The Hall–Kier alpha value is -1.26. The van der Waals surface area contributed by atoms with Crippen molar-refractivity contribution in [2.75, 3.05) is 26.2 Å². The van der Waals surface area contributed by atoms with E-state index in [2.05, 4.69) is 10.3 Å². The van der Waals surface area contributed by atoms with E-state index < -0.39 is 5.60 Å². The van der Waals surface area contributed by atoms with Crippen LogP contribution in [-0.2, 0) is 4.74 Å². The third kappa shape index (κ3) is 4.40. The van der Waals surface area contributed by atoms with E-state index in [1.54, 1.807) is 4.90 Å². The predicted molar refractivity (Wildman–Crippen MR) is 75.5 cm³/mol. The topological polar surface area (TPSA) is 53.9 Å². The predicted octanol–water partition coefficient (Wildman–Crippen LogP) is 2.03. The Morgan fingerprint density at radius 1 is 1.47 bits per heavy atom. The summed E-state index contributed by atoms with van der Waals surface area (Å²) < 4.78 is 5.39. The minimum atomic E-state index is -0.439. The molecule has 1 fully saturated rings. The van der Waals surface area contributed by atoms with Crippen molar-refractivity contribution in [3.63, 3.8) is 0 Å². The van der Waals surface area contributed by atoms with Crippen molar-refractivity contribution in [1.82, 2.24) is 10.2 Å². The molecule has 19 heavy (non-hydrogen) atoms. The monoisotopic (exact) mass is 267 g/mol. The van der Waals surface area contributed by atoms with Gasteiger partial charge in [0.05, 0.1) is 13.1 Å². The third-order valence-electron chi connectivity index (χ3n) is 3.48. The number of amidine groups is 1. The highest BCUT2D eigenvalue weighted by atomic mass is 16.6. The normalized spacial score (nSPS) is 20.6. The highest BCUT2D eigenvalue weighted by Crippen LogP contribution is 2.25. The molecule has 0 aromatic carbocycles. The smallest absolute Gasteiger partial charge is 0.410 e. The zero-order chi connectivity index (χ0) is 13.9. The van der Waals surface area contributed by atoms with E-state index in [0.29, 0.717) is 19.6 Å². The number of hydrogen-bond acceptors (Lipinski definition) is 4. The van der Waals surface area contributed by atoms with Crippen LogP contribution in [0.25, 0.3) is 0 Å². The van der Waals surface area contributed by atoms with Crippen molar-refractivity contribution in [3.05, 3.63) is 0 Å². The lowest BCUT2D eigenvalue weighted by Gasteiger charge is -2.31. The molecule has 108 valence electrons. The van der Waals surface area contributed by atoms with Crippen molar-refractivity contribution in [1.29, 1.82) is 0 Å². The highest BCUT2D eigenvalue weighted by Gasteiger charge is 2.25. The fourth-order valence-corrected chi connectivity index (χ4v) is 2.17. The van der Waals surface area contributed by atoms with Gasteiger partial charge in [0.2, 0.25) is 0 Å². The maximum Gasteiger partial charge on any atom is 0.410 e. The summed E-state index contributed by atoms with van der Waals surface area (Å²) in [5.41, 5.74) is -0.439. The summed E-state index contributed by atoms with van der Waals surface area (Å²) in [5, 5.41) is 3.37. The molecule has 5 nitrogen and oxygen atoms in total. The average Bonchev–Trinajstić information content (AvgIpc) is 2.25. The van der Waals surface area contributed by atoms with Gasteiger partial charge in [-0.05, 0) is 39.5 Å². The first-order valence-electron chi connectivity index (χ1n) is 7.19. The number of ether oxygens (including phenoxy) is 1. The Bertz CT molecular complexity index is 356. The Labute approximate surface area is 115 Å². The van der Waals surface area contributed by atoms with Crippen LogP contribution >= 0.6 is 0 Å². The van der Waals surface area contributed by atoms with Crippen LogP contribution in [0.15, 0.2) is 4.99 Å². The van der Waals surface area contributed by atoms with Crippen molar-refractivity contribution in [2.45, 2.75) is 45.6 Å². The van der Waals surface area contributed by atoms with E-state index in [-0.39, 0.29) is 6.09 Å². The van der Waals surface area contributed by atoms with E-state index in [9.17, 15) is 4.79 Å². The highest BCUT2D eigenvalue weighted by molar-refractivity contribution is 5.87. The van der Waals surface area contributed by atoms with Crippen molar-refractivity contribution in [2.24, 2.45) is 10.9 Å². The van der Waals surface area contributed by atoms with E-state index >= 15 is 0 Å². The van der Waals surface area contributed by atoms with Gasteiger partial charge >= 0.3 is 6.09 Å².